The molecule has 0 fully saturated rings. The Morgan fingerprint density at radius 2 is 1.92 bits per heavy atom. The zero-order valence-electron chi connectivity index (χ0n) is 14.6. The number of amides is 1. The molecule has 8 heteroatoms. The number of nitrogens with one attached hydrogen (secondary N) is 1. The van der Waals surface area contributed by atoms with Crippen LogP contribution in [0.5, 0.6) is 5.75 Å². The second kappa shape index (κ2) is 9.27. The molecular weight excluding hydrogens is 369 g/mol. The molecule has 1 aromatic rings. The largest absolute Gasteiger partial charge is 0.480 e. The number of aliphatic carboxylic acids is 1. The van der Waals surface area contributed by atoms with Gasteiger partial charge < -0.3 is 19.9 Å². The van der Waals surface area contributed by atoms with Gasteiger partial charge in [0.2, 0.25) is 0 Å². The maximum Gasteiger partial charge on any atom is 0.326 e. The van der Waals surface area contributed by atoms with Gasteiger partial charge in [-0.05, 0) is 45.9 Å². The van der Waals surface area contributed by atoms with Crippen molar-refractivity contribution in [2.24, 2.45) is 0 Å². The van der Waals surface area contributed by atoms with Crippen LogP contribution in [-0.2, 0) is 14.3 Å². The Morgan fingerprint density at radius 1 is 1.28 bits per heavy atom. The van der Waals surface area contributed by atoms with Gasteiger partial charge in [0.25, 0.3) is 5.91 Å². The number of carbonyl (C=O) groups is 2. The Bertz CT molecular complexity index is 616. The predicted molar refractivity (Wildman–Crippen MR) is 96.4 cm³/mol. The quantitative estimate of drug-likeness (QED) is 0.707. The molecule has 0 aromatic heterocycles. The molecule has 1 rings (SSSR count). The third-order valence-corrected chi connectivity index (χ3v) is 3.65. The summed E-state index contributed by atoms with van der Waals surface area (Å²) in [5.74, 6) is -1.41. The molecule has 0 aliphatic rings. The summed E-state index contributed by atoms with van der Waals surface area (Å²) in [7, 11) is 0. The van der Waals surface area contributed by atoms with Crippen molar-refractivity contribution in [3.63, 3.8) is 0 Å². The Labute approximate surface area is 157 Å². The maximum absolute atomic E-state index is 12.2. The number of carboxylic acid groups (broad SMARTS) is 1. The average molecular weight is 392 g/mol. The molecule has 1 amide bonds. The number of benzene rings is 1. The Balaban J connectivity index is 2.62. The summed E-state index contributed by atoms with van der Waals surface area (Å²) in [5.41, 5.74) is -0.380. The molecule has 0 aliphatic heterocycles. The van der Waals surface area contributed by atoms with E-state index in [4.69, 9.17) is 32.7 Å². The van der Waals surface area contributed by atoms with Crippen LogP contribution in [-0.4, -0.2) is 41.3 Å². The molecule has 1 aromatic carbocycles. The van der Waals surface area contributed by atoms with Crippen molar-refractivity contribution in [2.75, 3.05) is 6.61 Å². The van der Waals surface area contributed by atoms with Gasteiger partial charge >= 0.3 is 5.97 Å². The molecule has 0 heterocycles. The zero-order valence-corrected chi connectivity index (χ0v) is 16.1. The lowest BCUT2D eigenvalue weighted by Gasteiger charge is -2.22. The van der Waals surface area contributed by atoms with Crippen LogP contribution in [0.25, 0.3) is 0 Å². The van der Waals surface area contributed by atoms with E-state index in [1.165, 1.54) is 13.0 Å². The summed E-state index contributed by atoms with van der Waals surface area (Å²) in [4.78, 5) is 23.5. The van der Waals surface area contributed by atoms with Crippen LogP contribution in [0.3, 0.4) is 0 Å². The average Bonchev–Trinajstić information content (AvgIpc) is 2.47. The van der Waals surface area contributed by atoms with Gasteiger partial charge in [-0.2, -0.15) is 0 Å². The van der Waals surface area contributed by atoms with Gasteiger partial charge in [0.15, 0.2) is 6.10 Å². The first-order valence-electron chi connectivity index (χ1n) is 7.78. The Kier molecular flexibility index (Phi) is 7.99. The van der Waals surface area contributed by atoms with Crippen molar-refractivity contribution in [2.45, 2.75) is 51.9 Å². The van der Waals surface area contributed by atoms with Gasteiger partial charge in [0.05, 0.1) is 10.6 Å². The van der Waals surface area contributed by atoms with Crippen molar-refractivity contribution in [3.8, 4) is 5.75 Å². The van der Waals surface area contributed by atoms with E-state index in [9.17, 15) is 14.7 Å². The molecule has 0 spiro atoms. The van der Waals surface area contributed by atoms with Gasteiger partial charge in [0, 0.05) is 18.1 Å². The number of halogens is 2. The normalized spacial score (nSPS) is 13.8. The highest BCUT2D eigenvalue weighted by molar-refractivity contribution is 6.35. The second-order valence-corrected chi connectivity index (χ2v) is 7.33. The highest BCUT2D eigenvalue weighted by Gasteiger charge is 2.25. The van der Waals surface area contributed by atoms with E-state index in [0.717, 1.165) is 0 Å². The van der Waals surface area contributed by atoms with Crippen molar-refractivity contribution >= 4 is 35.1 Å². The highest BCUT2D eigenvalue weighted by Crippen LogP contribution is 2.28. The van der Waals surface area contributed by atoms with Crippen LogP contribution >= 0.6 is 23.2 Å². The number of carboxylic acids is 1. The van der Waals surface area contributed by atoms with Crippen molar-refractivity contribution < 1.29 is 24.2 Å². The third kappa shape index (κ3) is 7.94. The number of hydrogen-bond acceptors (Lipinski definition) is 4. The molecule has 2 unspecified atom stereocenters. The minimum Gasteiger partial charge on any atom is -0.480 e. The summed E-state index contributed by atoms with van der Waals surface area (Å²) in [6, 6.07) is 3.55. The molecule has 2 N–H and O–H groups in total. The lowest BCUT2D eigenvalue weighted by molar-refractivity contribution is -0.143. The smallest absolute Gasteiger partial charge is 0.326 e. The SMILES string of the molecule is CC(Oc1ccc(Cl)cc1Cl)C(=O)NC(CCOC(C)(C)C)C(=O)O. The van der Waals surface area contributed by atoms with E-state index < -0.39 is 24.0 Å². The van der Waals surface area contributed by atoms with Crippen LogP contribution < -0.4 is 10.1 Å². The third-order valence-electron chi connectivity index (χ3n) is 3.12. The van der Waals surface area contributed by atoms with E-state index in [1.54, 1.807) is 12.1 Å². The van der Waals surface area contributed by atoms with Crippen LogP contribution in [0.1, 0.15) is 34.1 Å². The van der Waals surface area contributed by atoms with Gasteiger partial charge in [0.1, 0.15) is 11.8 Å². The van der Waals surface area contributed by atoms with E-state index in [2.05, 4.69) is 5.32 Å². The topological polar surface area (TPSA) is 84.9 Å². The van der Waals surface area contributed by atoms with Crippen molar-refractivity contribution in [1.29, 1.82) is 0 Å². The minimum atomic E-state index is -1.14. The Morgan fingerprint density at radius 3 is 2.44 bits per heavy atom. The molecule has 140 valence electrons. The lowest BCUT2D eigenvalue weighted by Crippen LogP contribution is -2.47. The standard InChI is InChI=1S/C17H23Cl2NO5/c1-10(25-14-6-5-11(18)9-12(14)19)15(21)20-13(16(22)23)7-8-24-17(2,3)4/h5-6,9-10,13H,7-8H2,1-4H3,(H,20,21)(H,22,23). The first-order chi connectivity index (χ1) is 11.5. The summed E-state index contributed by atoms with van der Waals surface area (Å²) in [6.45, 7) is 7.32. The molecule has 25 heavy (non-hydrogen) atoms. The number of rotatable bonds is 8. The van der Waals surface area contributed by atoms with Gasteiger partial charge in [-0.15, -0.1) is 0 Å². The summed E-state index contributed by atoms with van der Waals surface area (Å²) < 4.78 is 11.0. The molecule has 2 atom stereocenters. The highest BCUT2D eigenvalue weighted by atomic mass is 35.5. The van der Waals surface area contributed by atoms with E-state index in [0.29, 0.717) is 5.02 Å². The van der Waals surface area contributed by atoms with Crippen LogP contribution in [0, 0.1) is 0 Å². The van der Waals surface area contributed by atoms with Gasteiger partial charge in [-0.25, -0.2) is 4.79 Å². The van der Waals surface area contributed by atoms with E-state index in [-0.39, 0.29) is 29.4 Å². The fourth-order valence-corrected chi connectivity index (χ4v) is 2.30. The van der Waals surface area contributed by atoms with Crippen LogP contribution in [0.2, 0.25) is 10.0 Å². The van der Waals surface area contributed by atoms with Crippen molar-refractivity contribution in [1.82, 2.24) is 5.32 Å². The molecule has 0 radical (unpaired) electrons. The van der Waals surface area contributed by atoms with E-state index in [1.807, 2.05) is 20.8 Å². The van der Waals surface area contributed by atoms with Crippen molar-refractivity contribution in [3.05, 3.63) is 28.2 Å². The van der Waals surface area contributed by atoms with Gasteiger partial charge in [-0.1, -0.05) is 23.2 Å². The maximum atomic E-state index is 12.2. The molecule has 0 bridgehead atoms. The fraction of sp³-hybridized carbons (Fsp3) is 0.529. The summed E-state index contributed by atoms with van der Waals surface area (Å²) in [6.07, 6.45) is -0.781. The number of hydrogen-bond donors (Lipinski definition) is 2. The minimum absolute atomic E-state index is 0.146. The molecule has 0 saturated heterocycles. The van der Waals surface area contributed by atoms with Gasteiger partial charge in [-0.3, -0.25) is 4.79 Å². The lowest BCUT2D eigenvalue weighted by atomic mass is 10.1. The number of carbonyl (C=O) groups excluding carboxylic acids is 1. The van der Waals surface area contributed by atoms with E-state index >= 15 is 0 Å². The second-order valence-electron chi connectivity index (χ2n) is 6.48. The summed E-state index contributed by atoms with van der Waals surface area (Å²) >= 11 is 11.8. The fourth-order valence-electron chi connectivity index (χ4n) is 1.84. The molecule has 6 nitrogen and oxygen atoms in total. The van der Waals surface area contributed by atoms with Crippen LogP contribution in [0.4, 0.5) is 0 Å². The molecular formula is C17H23Cl2NO5. The Hall–Kier alpha value is -1.50. The van der Waals surface area contributed by atoms with Crippen LogP contribution in [0.15, 0.2) is 18.2 Å². The first kappa shape index (κ1) is 21.5. The number of ether oxygens (including phenoxy) is 2. The summed E-state index contributed by atoms with van der Waals surface area (Å²) in [5, 5.41) is 12.4. The monoisotopic (exact) mass is 391 g/mol. The molecule has 0 saturated carbocycles. The molecule has 0 aliphatic carbocycles. The predicted octanol–water partition coefficient (Wildman–Crippen LogP) is 3.54. The zero-order chi connectivity index (χ0) is 19.2. The first-order valence-corrected chi connectivity index (χ1v) is 8.54.